The summed E-state index contributed by atoms with van der Waals surface area (Å²) in [5.41, 5.74) is 1.08. The Morgan fingerprint density at radius 2 is 2.17 bits per heavy atom. The summed E-state index contributed by atoms with van der Waals surface area (Å²) in [6.45, 7) is 4.02. The minimum Gasteiger partial charge on any atom is -0.352 e. The van der Waals surface area contributed by atoms with E-state index in [1.165, 1.54) is 12.8 Å². The number of piperidine rings is 1. The molecule has 8 nitrogen and oxygen atoms in total. The lowest BCUT2D eigenvalue weighted by atomic mass is 10.0. The van der Waals surface area contributed by atoms with Gasteiger partial charge in [-0.2, -0.15) is 19.7 Å². The maximum absolute atomic E-state index is 4.62. The highest BCUT2D eigenvalue weighted by molar-refractivity contribution is 5.48. The van der Waals surface area contributed by atoms with Crippen molar-refractivity contribution in [3.63, 3.8) is 0 Å². The summed E-state index contributed by atoms with van der Waals surface area (Å²) in [6.07, 6.45) is 10.6. The number of hydrogen-bond acceptors (Lipinski definition) is 6. The van der Waals surface area contributed by atoms with Crippen molar-refractivity contribution in [1.29, 1.82) is 0 Å². The molecule has 8 heteroatoms. The van der Waals surface area contributed by atoms with Gasteiger partial charge in [0.1, 0.15) is 24.8 Å². The molecule has 4 rings (SSSR count). The maximum atomic E-state index is 4.62. The van der Waals surface area contributed by atoms with Crippen molar-refractivity contribution in [1.82, 2.24) is 34.3 Å². The fourth-order valence-electron chi connectivity index (χ4n) is 3.47. The average Bonchev–Trinajstić information content (AvgIpc) is 3.26. The van der Waals surface area contributed by atoms with Gasteiger partial charge in [-0.25, -0.2) is 9.97 Å². The number of aromatic nitrogens is 7. The van der Waals surface area contributed by atoms with Gasteiger partial charge in [-0.05, 0) is 25.7 Å². The van der Waals surface area contributed by atoms with Crippen LogP contribution in [0.15, 0.2) is 25.0 Å². The first kappa shape index (κ1) is 15.0. The number of aryl methyl sites for hydroxylation is 1. The van der Waals surface area contributed by atoms with Crippen LogP contribution in [0, 0.1) is 0 Å². The predicted octanol–water partition coefficient (Wildman–Crippen LogP) is 1.73. The van der Waals surface area contributed by atoms with Crippen LogP contribution in [0.1, 0.15) is 38.3 Å². The van der Waals surface area contributed by atoms with Gasteiger partial charge < -0.3 is 4.90 Å². The molecular weight excluding hydrogens is 304 g/mol. The molecule has 126 valence electrons. The van der Waals surface area contributed by atoms with Crippen molar-refractivity contribution in [2.75, 3.05) is 11.4 Å². The Balaban J connectivity index is 1.71. The first-order chi connectivity index (χ1) is 11.8. The molecule has 0 N–H and O–H groups in total. The molecular formula is C16H22N8. The molecule has 0 unspecified atom stereocenters. The van der Waals surface area contributed by atoms with Crippen LogP contribution < -0.4 is 4.90 Å². The Bertz CT molecular complexity index is 794. The van der Waals surface area contributed by atoms with Crippen molar-refractivity contribution >= 4 is 11.6 Å². The van der Waals surface area contributed by atoms with Crippen LogP contribution in [-0.2, 0) is 13.0 Å². The van der Waals surface area contributed by atoms with Gasteiger partial charge in [0.05, 0.1) is 12.6 Å². The monoisotopic (exact) mass is 326 g/mol. The Labute approximate surface area is 140 Å². The standard InChI is InChI=1S/C16H22N8/c1-2-5-13-8-15(24-16(21-13)18-11-20-24)23-7-4-3-6-14(23)9-22-12-17-10-19-22/h8,10-12,14H,2-7,9H2,1H3/t14-/m0/s1. The molecule has 24 heavy (non-hydrogen) atoms. The highest BCUT2D eigenvalue weighted by Gasteiger charge is 2.26. The molecule has 0 spiro atoms. The van der Waals surface area contributed by atoms with Gasteiger partial charge >= 0.3 is 0 Å². The number of fused-ring (bicyclic) bond motifs is 1. The van der Waals surface area contributed by atoms with Crippen LogP contribution in [0.4, 0.5) is 5.82 Å². The third-order valence-electron chi connectivity index (χ3n) is 4.58. The molecule has 1 aliphatic heterocycles. The van der Waals surface area contributed by atoms with Gasteiger partial charge in [0.25, 0.3) is 5.78 Å². The third kappa shape index (κ3) is 2.83. The van der Waals surface area contributed by atoms with Crippen LogP contribution >= 0.6 is 0 Å². The van der Waals surface area contributed by atoms with E-state index in [0.717, 1.165) is 43.9 Å². The highest BCUT2D eigenvalue weighted by atomic mass is 15.4. The molecule has 0 bridgehead atoms. The van der Waals surface area contributed by atoms with E-state index in [2.05, 4.69) is 43.0 Å². The van der Waals surface area contributed by atoms with E-state index in [9.17, 15) is 0 Å². The molecule has 0 aromatic carbocycles. The normalized spacial score (nSPS) is 18.4. The van der Waals surface area contributed by atoms with Crippen molar-refractivity contribution in [3.8, 4) is 0 Å². The molecule has 3 aromatic rings. The number of hydrogen-bond donors (Lipinski definition) is 0. The van der Waals surface area contributed by atoms with E-state index < -0.39 is 0 Å². The lowest BCUT2D eigenvalue weighted by Crippen LogP contribution is -2.43. The van der Waals surface area contributed by atoms with Crippen LogP contribution in [-0.4, -0.2) is 46.9 Å². The van der Waals surface area contributed by atoms with Gasteiger partial charge in [0, 0.05) is 18.3 Å². The molecule has 4 heterocycles. The van der Waals surface area contributed by atoms with Crippen molar-refractivity contribution in [2.45, 2.75) is 51.6 Å². The summed E-state index contributed by atoms with van der Waals surface area (Å²) >= 11 is 0. The highest BCUT2D eigenvalue weighted by Crippen LogP contribution is 2.26. The number of nitrogens with zero attached hydrogens (tertiary/aromatic N) is 8. The Morgan fingerprint density at radius 1 is 1.21 bits per heavy atom. The molecule has 0 amide bonds. The van der Waals surface area contributed by atoms with Gasteiger partial charge in [0.2, 0.25) is 0 Å². The molecule has 1 saturated heterocycles. The Morgan fingerprint density at radius 3 is 3.00 bits per heavy atom. The Hall–Kier alpha value is -2.51. The fraction of sp³-hybridized carbons (Fsp3) is 0.562. The van der Waals surface area contributed by atoms with E-state index in [1.54, 1.807) is 19.0 Å². The summed E-state index contributed by atoms with van der Waals surface area (Å²) in [5.74, 6) is 1.77. The lowest BCUT2D eigenvalue weighted by Gasteiger charge is -2.37. The van der Waals surface area contributed by atoms with Crippen molar-refractivity contribution in [3.05, 3.63) is 30.7 Å². The van der Waals surface area contributed by atoms with E-state index in [1.807, 2.05) is 9.20 Å². The van der Waals surface area contributed by atoms with Gasteiger partial charge in [0.15, 0.2) is 0 Å². The lowest BCUT2D eigenvalue weighted by molar-refractivity contribution is 0.394. The summed E-state index contributed by atoms with van der Waals surface area (Å²) in [6, 6.07) is 2.55. The van der Waals surface area contributed by atoms with Crippen molar-refractivity contribution < 1.29 is 0 Å². The molecule has 3 aromatic heterocycles. The second kappa shape index (κ2) is 6.54. The summed E-state index contributed by atoms with van der Waals surface area (Å²) < 4.78 is 3.77. The molecule has 1 fully saturated rings. The second-order valence-corrected chi connectivity index (χ2v) is 6.29. The number of anilines is 1. The van der Waals surface area contributed by atoms with Crippen molar-refractivity contribution in [2.24, 2.45) is 0 Å². The third-order valence-corrected chi connectivity index (χ3v) is 4.58. The minimum absolute atomic E-state index is 0.379. The zero-order chi connectivity index (χ0) is 16.4. The maximum Gasteiger partial charge on any atom is 0.254 e. The van der Waals surface area contributed by atoms with Crippen LogP contribution in [0.25, 0.3) is 5.78 Å². The second-order valence-electron chi connectivity index (χ2n) is 6.29. The fourth-order valence-corrected chi connectivity index (χ4v) is 3.47. The molecule has 0 saturated carbocycles. The summed E-state index contributed by atoms with van der Waals surface area (Å²) in [7, 11) is 0. The largest absolute Gasteiger partial charge is 0.352 e. The smallest absolute Gasteiger partial charge is 0.254 e. The van der Waals surface area contributed by atoms with E-state index in [0.29, 0.717) is 11.8 Å². The van der Waals surface area contributed by atoms with Gasteiger partial charge in [-0.15, -0.1) is 0 Å². The SMILES string of the molecule is CCCc1cc(N2CCCC[C@H]2Cn2cncn2)n2ncnc2n1. The summed E-state index contributed by atoms with van der Waals surface area (Å²) in [5, 5.41) is 8.66. The summed E-state index contributed by atoms with van der Waals surface area (Å²) in [4.78, 5) is 15.4. The van der Waals surface area contributed by atoms with Crippen LogP contribution in [0.3, 0.4) is 0 Å². The topological polar surface area (TPSA) is 77.0 Å². The molecule has 1 aliphatic rings. The van der Waals surface area contributed by atoms with Gasteiger partial charge in [-0.3, -0.25) is 4.68 Å². The first-order valence-corrected chi connectivity index (χ1v) is 8.64. The quantitative estimate of drug-likeness (QED) is 0.710. The predicted molar refractivity (Wildman–Crippen MR) is 89.8 cm³/mol. The molecule has 1 atom stereocenters. The minimum atomic E-state index is 0.379. The zero-order valence-corrected chi connectivity index (χ0v) is 13.9. The van der Waals surface area contributed by atoms with E-state index in [4.69, 9.17) is 0 Å². The van der Waals surface area contributed by atoms with Crippen LogP contribution in [0.2, 0.25) is 0 Å². The number of rotatable bonds is 5. The van der Waals surface area contributed by atoms with E-state index in [-0.39, 0.29) is 0 Å². The Kier molecular flexibility index (Phi) is 4.10. The molecule has 0 radical (unpaired) electrons. The first-order valence-electron chi connectivity index (χ1n) is 8.64. The van der Waals surface area contributed by atoms with Gasteiger partial charge in [-0.1, -0.05) is 13.3 Å². The van der Waals surface area contributed by atoms with Crippen LogP contribution in [0.5, 0.6) is 0 Å². The molecule has 0 aliphatic carbocycles. The van der Waals surface area contributed by atoms with E-state index >= 15 is 0 Å². The zero-order valence-electron chi connectivity index (χ0n) is 13.9. The average molecular weight is 326 g/mol.